The van der Waals surface area contributed by atoms with Crippen LogP contribution in [0, 0.1) is 5.41 Å². The third kappa shape index (κ3) is 2.20. The van der Waals surface area contributed by atoms with E-state index >= 15 is 0 Å². The molecule has 1 saturated carbocycles. The zero-order valence-corrected chi connectivity index (χ0v) is 9.24. The summed E-state index contributed by atoms with van der Waals surface area (Å²) in [6.45, 7) is 8.75. The molecule has 1 nitrogen and oxygen atoms in total. The Balaban J connectivity index is 3.04. The van der Waals surface area contributed by atoms with E-state index in [-0.39, 0.29) is 5.41 Å². The third-order valence-electron chi connectivity index (χ3n) is 2.79. The summed E-state index contributed by atoms with van der Waals surface area (Å²) in [5.41, 5.74) is 2.68. The molecule has 0 bridgehead atoms. The SMILES string of the molecule is CC/C(=C1/CCCC1=O)C(C)(C)C. The average Bonchev–Trinajstić information content (AvgIpc) is 2.35. The standard InChI is InChI=1S/C12H20O/c1-5-10(12(2,3)4)9-7-6-8-11(9)13/h5-8H2,1-4H3/b10-9+. The normalized spacial score (nSPS) is 22.3. The zero-order chi connectivity index (χ0) is 10.1. The van der Waals surface area contributed by atoms with E-state index in [1.165, 1.54) is 5.57 Å². The molecule has 1 rings (SSSR count). The minimum Gasteiger partial charge on any atom is -0.295 e. The van der Waals surface area contributed by atoms with Crippen LogP contribution in [0.15, 0.2) is 11.1 Å². The predicted molar refractivity (Wildman–Crippen MR) is 55.6 cm³/mol. The molecule has 1 fully saturated rings. The van der Waals surface area contributed by atoms with Gasteiger partial charge in [-0.25, -0.2) is 0 Å². The summed E-state index contributed by atoms with van der Waals surface area (Å²) in [5.74, 6) is 0.395. The number of rotatable bonds is 1. The van der Waals surface area contributed by atoms with Crippen LogP contribution in [0.4, 0.5) is 0 Å². The molecule has 0 saturated heterocycles. The molecule has 0 heterocycles. The monoisotopic (exact) mass is 180 g/mol. The summed E-state index contributed by atoms with van der Waals surface area (Å²) in [7, 11) is 0. The lowest BCUT2D eigenvalue weighted by Gasteiger charge is -2.24. The third-order valence-corrected chi connectivity index (χ3v) is 2.79. The highest BCUT2D eigenvalue weighted by Gasteiger charge is 2.26. The molecule has 1 aliphatic carbocycles. The van der Waals surface area contributed by atoms with E-state index in [1.54, 1.807) is 0 Å². The first-order chi connectivity index (χ1) is 5.96. The Morgan fingerprint density at radius 1 is 1.31 bits per heavy atom. The van der Waals surface area contributed by atoms with Crippen molar-refractivity contribution < 1.29 is 4.79 Å². The number of allylic oxidation sites excluding steroid dienone is 2. The summed E-state index contributed by atoms with van der Waals surface area (Å²) < 4.78 is 0. The lowest BCUT2D eigenvalue weighted by atomic mass is 9.81. The van der Waals surface area contributed by atoms with Gasteiger partial charge < -0.3 is 0 Å². The van der Waals surface area contributed by atoms with Gasteiger partial charge in [0.15, 0.2) is 5.78 Å². The molecule has 0 atom stereocenters. The summed E-state index contributed by atoms with van der Waals surface area (Å²) in [5, 5.41) is 0. The van der Waals surface area contributed by atoms with Crippen molar-refractivity contribution in [1.29, 1.82) is 0 Å². The average molecular weight is 180 g/mol. The Morgan fingerprint density at radius 2 is 1.92 bits per heavy atom. The van der Waals surface area contributed by atoms with E-state index in [1.807, 2.05) is 0 Å². The van der Waals surface area contributed by atoms with E-state index in [0.29, 0.717) is 5.78 Å². The minimum absolute atomic E-state index is 0.171. The Hall–Kier alpha value is -0.590. The number of hydrogen-bond acceptors (Lipinski definition) is 1. The topological polar surface area (TPSA) is 17.1 Å². The fraction of sp³-hybridized carbons (Fsp3) is 0.750. The second-order valence-corrected chi connectivity index (χ2v) is 4.84. The Labute approximate surface area is 81.2 Å². The van der Waals surface area contributed by atoms with E-state index in [2.05, 4.69) is 27.7 Å². The van der Waals surface area contributed by atoms with Gasteiger partial charge in [-0.1, -0.05) is 33.3 Å². The van der Waals surface area contributed by atoms with Gasteiger partial charge in [0.2, 0.25) is 0 Å². The zero-order valence-electron chi connectivity index (χ0n) is 9.24. The highest BCUT2D eigenvalue weighted by atomic mass is 16.1. The Bertz CT molecular complexity index is 240. The smallest absolute Gasteiger partial charge is 0.158 e. The number of hydrogen-bond donors (Lipinski definition) is 0. The predicted octanol–water partition coefficient (Wildman–Crippen LogP) is 3.49. The molecule has 0 amide bonds. The minimum atomic E-state index is 0.171. The van der Waals surface area contributed by atoms with Crippen LogP contribution in [-0.4, -0.2) is 5.78 Å². The van der Waals surface area contributed by atoms with Gasteiger partial charge in [-0.05, 0) is 30.3 Å². The molecular formula is C12H20O. The van der Waals surface area contributed by atoms with Crippen LogP contribution in [0.5, 0.6) is 0 Å². The second-order valence-electron chi connectivity index (χ2n) is 4.84. The van der Waals surface area contributed by atoms with E-state index in [9.17, 15) is 4.79 Å². The molecular weight excluding hydrogens is 160 g/mol. The molecule has 0 aliphatic heterocycles. The van der Waals surface area contributed by atoms with Crippen molar-refractivity contribution in [2.75, 3.05) is 0 Å². The Morgan fingerprint density at radius 3 is 2.23 bits per heavy atom. The fourth-order valence-corrected chi connectivity index (χ4v) is 2.23. The molecule has 74 valence electrons. The van der Waals surface area contributed by atoms with Gasteiger partial charge in [0, 0.05) is 6.42 Å². The largest absolute Gasteiger partial charge is 0.295 e. The van der Waals surface area contributed by atoms with Gasteiger partial charge in [-0.2, -0.15) is 0 Å². The summed E-state index contributed by atoms with van der Waals surface area (Å²) in [6.07, 6.45) is 3.87. The summed E-state index contributed by atoms with van der Waals surface area (Å²) >= 11 is 0. The van der Waals surface area contributed by atoms with Gasteiger partial charge in [-0.3, -0.25) is 4.79 Å². The Kier molecular flexibility index (Phi) is 2.94. The van der Waals surface area contributed by atoms with Crippen molar-refractivity contribution in [3.63, 3.8) is 0 Å². The van der Waals surface area contributed by atoms with Crippen LogP contribution in [0.1, 0.15) is 53.4 Å². The highest BCUT2D eigenvalue weighted by Crippen LogP contribution is 2.35. The van der Waals surface area contributed by atoms with Gasteiger partial charge in [0.25, 0.3) is 0 Å². The first kappa shape index (κ1) is 10.5. The van der Waals surface area contributed by atoms with Crippen molar-refractivity contribution in [3.8, 4) is 0 Å². The lowest BCUT2D eigenvalue weighted by molar-refractivity contribution is -0.114. The maximum absolute atomic E-state index is 11.6. The molecule has 0 aromatic heterocycles. The number of ketones is 1. The van der Waals surface area contributed by atoms with Crippen molar-refractivity contribution in [2.24, 2.45) is 5.41 Å². The summed E-state index contributed by atoms with van der Waals surface area (Å²) in [6, 6.07) is 0. The second kappa shape index (κ2) is 3.65. The van der Waals surface area contributed by atoms with Gasteiger partial charge in [0.05, 0.1) is 0 Å². The molecule has 1 aliphatic rings. The molecule has 13 heavy (non-hydrogen) atoms. The van der Waals surface area contributed by atoms with Crippen LogP contribution in [0.3, 0.4) is 0 Å². The molecule has 0 aromatic rings. The van der Waals surface area contributed by atoms with E-state index in [4.69, 9.17) is 0 Å². The lowest BCUT2D eigenvalue weighted by Crippen LogP contribution is -2.13. The van der Waals surface area contributed by atoms with Gasteiger partial charge >= 0.3 is 0 Å². The first-order valence-electron chi connectivity index (χ1n) is 5.22. The number of carbonyl (C=O) groups is 1. The summed E-state index contributed by atoms with van der Waals surface area (Å²) in [4.78, 5) is 11.6. The van der Waals surface area contributed by atoms with Gasteiger partial charge in [-0.15, -0.1) is 0 Å². The van der Waals surface area contributed by atoms with Crippen LogP contribution in [0.2, 0.25) is 0 Å². The van der Waals surface area contributed by atoms with Crippen LogP contribution in [0.25, 0.3) is 0 Å². The highest BCUT2D eigenvalue weighted by molar-refractivity contribution is 5.98. The van der Waals surface area contributed by atoms with Crippen LogP contribution < -0.4 is 0 Å². The van der Waals surface area contributed by atoms with Crippen LogP contribution >= 0.6 is 0 Å². The maximum atomic E-state index is 11.6. The van der Waals surface area contributed by atoms with Crippen molar-refractivity contribution in [2.45, 2.75) is 53.4 Å². The van der Waals surface area contributed by atoms with E-state index in [0.717, 1.165) is 31.3 Å². The maximum Gasteiger partial charge on any atom is 0.158 e. The molecule has 0 N–H and O–H groups in total. The number of Topliss-reactive ketones (excluding diaryl/α,β-unsaturated/α-hetero) is 1. The van der Waals surface area contributed by atoms with Crippen molar-refractivity contribution in [3.05, 3.63) is 11.1 Å². The van der Waals surface area contributed by atoms with Gasteiger partial charge in [0.1, 0.15) is 0 Å². The molecule has 0 radical (unpaired) electrons. The molecule has 1 heteroatoms. The van der Waals surface area contributed by atoms with E-state index < -0.39 is 0 Å². The fourth-order valence-electron chi connectivity index (χ4n) is 2.23. The van der Waals surface area contributed by atoms with Crippen molar-refractivity contribution in [1.82, 2.24) is 0 Å². The quantitative estimate of drug-likeness (QED) is 0.564. The van der Waals surface area contributed by atoms with Crippen LogP contribution in [-0.2, 0) is 4.79 Å². The van der Waals surface area contributed by atoms with Crippen molar-refractivity contribution >= 4 is 5.78 Å². The molecule has 0 unspecified atom stereocenters. The molecule has 0 spiro atoms. The first-order valence-corrected chi connectivity index (χ1v) is 5.22. The molecule has 0 aromatic carbocycles. The number of carbonyl (C=O) groups excluding carboxylic acids is 1.